The van der Waals surface area contributed by atoms with Crippen LogP contribution in [0.4, 0.5) is 11.4 Å². The molecule has 0 aromatic heterocycles. The molecule has 19 heavy (non-hydrogen) atoms. The van der Waals surface area contributed by atoms with Crippen molar-refractivity contribution < 1.29 is 0 Å². The molecule has 0 radical (unpaired) electrons. The monoisotopic (exact) mass is 251 g/mol. The highest BCUT2D eigenvalue weighted by molar-refractivity contribution is 5.82. The maximum Gasteiger partial charge on any atom is 0.0561 e. The first kappa shape index (κ1) is 11.8. The van der Waals surface area contributed by atoms with E-state index in [4.69, 9.17) is 0 Å². The van der Waals surface area contributed by atoms with Gasteiger partial charge in [-0.05, 0) is 41.8 Å². The lowest BCUT2D eigenvalue weighted by Gasteiger charge is -2.11. The van der Waals surface area contributed by atoms with Crippen LogP contribution in [0.15, 0.2) is 53.6 Å². The molecule has 2 aromatic carbocycles. The molecule has 0 unspecified atom stereocenters. The SMILES string of the molecule is CN1CCc2cc(C=NNc3ccccc3)ccc21. The zero-order chi connectivity index (χ0) is 13.1. The van der Waals surface area contributed by atoms with Gasteiger partial charge in [0.05, 0.1) is 11.9 Å². The van der Waals surface area contributed by atoms with E-state index in [1.54, 1.807) is 0 Å². The highest BCUT2D eigenvalue weighted by atomic mass is 15.3. The summed E-state index contributed by atoms with van der Waals surface area (Å²) in [4.78, 5) is 2.29. The largest absolute Gasteiger partial charge is 0.374 e. The number of fused-ring (bicyclic) bond motifs is 1. The van der Waals surface area contributed by atoms with Crippen molar-refractivity contribution in [1.29, 1.82) is 0 Å². The van der Waals surface area contributed by atoms with Crippen molar-refractivity contribution in [3.63, 3.8) is 0 Å². The van der Waals surface area contributed by atoms with Gasteiger partial charge in [-0.1, -0.05) is 24.3 Å². The third-order valence-corrected chi connectivity index (χ3v) is 3.41. The summed E-state index contributed by atoms with van der Waals surface area (Å²) < 4.78 is 0. The van der Waals surface area contributed by atoms with E-state index in [0.29, 0.717) is 0 Å². The molecule has 1 heterocycles. The van der Waals surface area contributed by atoms with Crippen molar-refractivity contribution in [2.45, 2.75) is 6.42 Å². The summed E-state index contributed by atoms with van der Waals surface area (Å²) in [5.74, 6) is 0. The molecule has 0 aliphatic carbocycles. The van der Waals surface area contributed by atoms with Gasteiger partial charge in [-0.15, -0.1) is 0 Å². The van der Waals surface area contributed by atoms with Crippen LogP contribution in [0.2, 0.25) is 0 Å². The number of nitrogens with zero attached hydrogens (tertiary/aromatic N) is 2. The predicted molar refractivity (Wildman–Crippen MR) is 81.1 cm³/mol. The summed E-state index contributed by atoms with van der Waals surface area (Å²) >= 11 is 0. The first-order valence-corrected chi connectivity index (χ1v) is 6.51. The van der Waals surface area contributed by atoms with Crippen LogP contribution in [0.5, 0.6) is 0 Å². The van der Waals surface area contributed by atoms with Gasteiger partial charge in [0.15, 0.2) is 0 Å². The van der Waals surface area contributed by atoms with E-state index in [1.807, 2.05) is 36.5 Å². The molecule has 3 rings (SSSR count). The van der Waals surface area contributed by atoms with Crippen LogP contribution < -0.4 is 10.3 Å². The van der Waals surface area contributed by atoms with Gasteiger partial charge in [0, 0.05) is 19.3 Å². The van der Waals surface area contributed by atoms with E-state index in [-0.39, 0.29) is 0 Å². The maximum atomic E-state index is 4.27. The molecule has 1 aliphatic rings. The normalized spacial score (nSPS) is 13.8. The smallest absolute Gasteiger partial charge is 0.0561 e. The Morgan fingerprint density at radius 3 is 2.84 bits per heavy atom. The number of anilines is 2. The van der Waals surface area contributed by atoms with Crippen molar-refractivity contribution in [2.75, 3.05) is 23.9 Å². The third-order valence-electron chi connectivity index (χ3n) is 3.41. The molecule has 2 aromatic rings. The number of rotatable bonds is 3. The average Bonchev–Trinajstić information content (AvgIpc) is 2.81. The third kappa shape index (κ3) is 2.60. The summed E-state index contributed by atoms with van der Waals surface area (Å²) in [5.41, 5.74) is 7.91. The first-order valence-electron chi connectivity index (χ1n) is 6.51. The molecule has 0 atom stereocenters. The first-order chi connectivity index (χ1) is 9.33. The van der Waals surface area contributed by atoms with Gasteiger partial charge in [0.2, 0.25) is 0 Å². The van der Waals surface area contributed by atoms with E-state index < -0.39 is 0 Å². The van der Waals surface area contributed by atoms with Gasteiger partial charge < -0.3 is 4.90 Å². The number of likely N-dealkylation sites (N-methyl/N-ethyl adjacent to an activating group) is 1. The molecular weight excluding hydrogens is 234 g/mol. The fourth-order valence-electron chi connectivity index (χ4n) is 2.36. The van der Waals surface area contributed by atoms with E-state index in [0.717, 1.165) is 24.2 Å². The number of para-hydroxylation sites is 1. The lowest BCUT2D eigenvalue weighted by Crippen LogP contribution is -2.12. The fraction of sp³-hybridized carbons (Fsp3) is 0.188. The highest BCUT2D eigenvalue weighted by Gasteiger charge is 2.14. The Labute approximate surface area is 113 Å². The molecule has 0 saturated heterocycles. The molecular formula is C16H17N3. The standard InChI is InChI=1S/C16H17N3/c1-19-10-9-14-11-13(7-8-16(14)19)12-17-18-15-5-3-2-4-6-15/h2-8,11-12,18H,9-10H2,1H3. The Bertz CT molecular complexity index is 590. The van der Waals surface area contributed by atoms with Crippen LogP contribution in [-0.4, -0.2) is 19.8 Å². The second-order valence-corrected chi connectivity index (χ2v) is 4.80. The second-order valence-electron chi connectivity index (χ2n) is 4.80. The van der Waals surface area contributed by atoms with Gasteiger partial charge in [-0.2, -0.15) is 5.10 Å². The van der Waals surface area contributed by atoms with Gasteiger partial charge in [-0.3, -0.25) is 5.43 Å². The molecule has 0 spiro atoms. The maximum absolute atomic E-state index is 4.27. The number of hydrogen-bond acceptors (Lipinski definition) is 3. The minimum Gasteiger partial charge on any atom is -0.374 e. The van der Waals surface area contributed by atoms with Crippen molar-refractivity contribution >= 4 is 17.6 Å². The Morgan fingerprint density at radius 1 is 1.16 bits per heavy atom. The van der Waals surface area contributed by atoms with Crippen molar-refractivity contribution in [3.05, 3.63) is 59.7 Å². The molecule has 3 heteroatoms. The van der Waals surface area contributed by atoms with Crippen LogP contribution >= 0.6 is 0 Å². The quantitative estimate of drug-likeness (QED) is 0.670. The summed E-state index contributed by atoms with van der Waals surface area (Å²) in [6, 6.07) is 16.5. The zero-order valence-corrected chi connectivity index (χ0v) is 11.0. The molecule has 0 amide bonds. The summed E-state index contributed by atoms with van der Waals surface area (Å²) in [5, 5.41) is 4.27. The van der Waals surface area contributed by atoms with E-state index in [2.05, 4.69) is 40.7 Å². The predicted octanol–water partition coefficient (Wildman–Crippen LogP) is 3.12. The fourth-order valence-corrected chi connectivity index (χ4v) is 2.36. The molecule has 0 fully saturated rings. The van der Waals surface area contributed by atoms with Crippen molar-refractivity contribution in [1.82, 2.24) is 0 Å². The molecule has 96 valence electrons. The molecule has 3 nitrogen and oxygen atoms in total. The van der Waals surface area contributed by atoms with Gasteiger partial charge in [-0.25, -0.2) is 0 Å². The summed E-state index contributed by atoms with van der Waals surface area (Å²) in [6.07, 6.45) is 2.99. The van der Waals surface area contributed by atoms with Crippen LogP contribution in [0.3, 0.4) is 0 Å². The van der Waals surface area contributed by atoms with Crippen LogP contribution in [-0.2, 0) is 6.42 Å². The van der Waals surface area contributed by atoms with E-state index >= 15 is 0 Å². The van der Waals surface area contributed by atoms with E-state index in [9.17, 15) is 0 Å². The Balaban J connectivity index is 1.71. The minimum absolute atomic E-state index is 1.000. The summed E-state index contributed by atoms with van der Waals surface area (Å²) in [7, 11) is 2.14. The average molecular weight is 251 g/mol. The van der Waals surface area contributed by atoms with Gasteiger partial charge in [0.1, 0.15) is 0 Å². The van der Waals surface area contributed by atoms with Gasteiger partial charge in [0.25, 0.3) is 0 Å². The zero-order valence-electron chi connectivity index (χ0n) is 11.0. The Morgan fingerprint density at radius 2 is 2.00 bits per heavy atom. The van der Waals surface area contributed by atoms with Crippen LogP contribution in [0.1, 0.15) is 11.1 Å². The van der Waals surface area contributed by atoms with Crippen LogP contribution in [0.25, 0.3) is 0 Å². The second kappa shape index (κ2) is 5.14. The van der Waals surface area contributed by atoms with E-state index in [1.165, 1.54) is 11.3 Å². The molecule has 0 bridgehead atoms. The Hall–Kier alpha value is -2.29. The lowest BCUT2D eigenvalue weighted by atomic mass is 10.1. The molecule has 1 aliphatic heterocycles. The number of nitrogens with one attached hydrogen (secondary N) is 1. The molecule has 0 saturated carbocycles. The Kier molecular flexibility index (Phi) is 3.19. The number of hydrogen-bond donors (Lipinski definition) is 1. The lowest BCUT2D eigenvalue weighted by molar-refractivity contribution is 0.956. The number of hydrazone groups is 1. The summed E-state index contributed by atoms with van der Waals surface area (Å²) in [6.45, 7) is 1.11. The topological polar surface area (TPSA) is 27.6 Å². The molecule has 1 N–H and O–H groups in total. The van der Waals surface area contributed by atoms with Gasteiger partial charge >= 0.3 is 0 Å². The van der Waals surface area contributed by atoms with Crippen molar-refractivity contribution in [2.24, 2.45) is 5.10 Å². The number of benzene rings is 2. The minimum atomic E-state index is 1.000. The highest BCUT2D eigenvalue weighted by Crippen LogP contribution is 2.26. The van der Waals surface area contributed by atoms with Crippen LogP contribution in [0, 0.1) is 0 Å². The van der Waals surface area contributed by atoms with Crippen molar-refractivity contribution in [3.8, 4) is 0 Å².